The maximum Gasteiger partial charge on any atom is 0.0291 e. The molecule has 0 radical (unpaired) electrons. The third kappa shape index (κ3) is 2.66. The lowest BCUT2D eigenvalue weighted by Crippen LogP contribution is -2.54. The molecule has 0 aromatic rings. The van der Waals surface area contributed by atoms with Crippen LogP contribution in [0, 0.1) is 0 Å². The Balaban J connectivity index is 1.82. The van der Waals surface area contributed by atoms with Crippen molar-refractivity contribution in [3.05, 3.63) is 0 Å². The summed E-state index contributed by atoms with van der Waals surface area (Å²) in [6.45, 7) is 4.89. The zero-order valence-corrected chi connectivity index (χ0v) is 8.47. The van der Waals surface area contributed by atoms with E-state index in [2.05, 4.69) is 15.6 Å². The van der Waals surface area contributed by atoms with Crippen LogP contribution in [-0.4, -0.2) is 36.3 Å². The van der Waals surface area contributed by atoms with E-state index in [-0.39, 0.29) is 0 Å². The quantitative estimate of drug-likeness (QED) is 0.662. The van der Waals surface area contributed by atoms with Gasteiger partial charge in [-0.3, -0.25) is 0 Å². The molecule has 2 aliphatic heterocycles. The summed E-state index contributed by atoms with van der Waals surface area (Å²) in [5, 5.41) is 4.86. The normalized spacial score (nSPS) is 28.6. The van der Waals surface area contributed by atoms with E-state index >= 15 is 0 Å². The van der Waals surface area contributed by atoms with Gasteiger partial charge in [-0.2, -0.15) is 5.12 Å². The van der Waals surface area contributed by atoms with Crippen molar-refractivity contribution in [2.75, 3.05) is 26.2 Å². The van der Waals surface area contributed by atoms with Crippen LogP contribution in [0.25, 0.3) is 0 Å². The molecule has 1 N–H and O–H groups in total. The van der Waals surface area contributed by atoms with Crippen LogP contribution in [0.5, 0.6) is 0 Å². The van der Waals surface area contributed by atoms with Gasteiger partial charge in [-0.1, -0.05) is 12.8 Å². The Hall–Kier alpha value is -0.120. The minimum Gasteiger partial charge on any atom is -0.241 e. The summed E-state index contributed by atoms with van der Waals surface area (Å²) in [6.07, 6.45) is 8.28. The Morgan fingerprint density at radius 1 is 0.692 bits per heavy atom. The average molecular weight is 183 g/mol. The molecule has 0 amide bonds. The van der Waals surface area contributed by atoms with E-state index in [1.54, 1.807) is 0 Å². The smallest absolute Gasteiger partial charge is 0.0291 e. The van der Waals surface area contributed by atoms with Gasteiger partial charge in [0.15, 0.2) is 0 Å². The summed E-state index contributed by atoms with van der Waals surface area (Å²) in [6, 6.07) is 0. The topological polar surface area (TPSA) is 18.5 Å². The molecule has 0 atom stereocenters. The van der Waals surface area contributed by atoms with Crippen molar-refractivity contribution >= 4 is 0 Å². The Morgan fingerprint density at radius 2 is 1.38 bits per heavy atom. The average Bonchev–Trinajstić information content (AvgIpc) is 2.47. The summed E-state index contributed by atoms with van der Waals surface area (Å²) in [5.41, 5.74) is 3.48. The molecule has 13 heavy (non-hydrogen) atoms. The second kappa shape index (κ2) is 4.94. The van der Waals surface area contributed by atoms with Gasteiger partial charge in [-0.15, -0.1) is 0 Å². The standard InChI is InChI=1S/C10H21N3/c1-2-5-9-12(8-4-1)13-10-6-3-7-11-13/h11H,1-10H2. The van der Waals surface area contributed by atoms with Crippen molar-refractivity contribution in [1.82, 2.24) is 15.6 Å². The molecule has 0 spiro atoms. The lowest BCUT2D eigenvalue weighted by Gasteiger charge is -2.37. The Morgan fingerprint density at radius 3 is 2.00 bits per heavy atom. The first-order valence-corrected chi connectivity index (χ1v) is 5.73. The summed E-state index contributed by atoms with van der Waals surface area (Å²) < 4.78 is 0. The molecule has 0 aliphatic carbocycles. The number of hydrazine groups is 2. The van der Waals surface area contributed by atoms with Crippen LogP contribution >= 0.6 is 0 Å². The molecule has 2 heterocycles. The first kappa shape index (κ1) is 9.44. The SMILES string of the molecule is C1CCCN(N2CCCCN2)CC1. The van der Waals surface area contributed by atoms with E-state index in [9.17, 15) is 0 Å². The molecule has 0 bridgehead atoms. The van der Waals surface area contributed by atoms with Crippen molar-refractivity contribution in [3.8, 4) is 0 Å². The van der Waals surface area contributed by atoms with Gasteiger partial charge in [0.1, 0.15) is 0 Å². The molecule has 2 fully saturated rings. The molecule has 2 rings (SSSR count). The van der Waals surface area contributed by atoms with Crippen LogP contribution in [-0.2, 0) is 0 Å². The van der Waals surface area contributed by atoms with Crippen LogP contribution in [0.15, 0.2) is 0 Å². The van der Waals surface area contributed by atoms with E-state index in [1.807, 2.05) is 0 Å². The highest BCUT2D eigenvalue weighted by atomic mass is 15.8. The van der Waals surface area contributed by atoms with Crippen molar-refractivity contribution in [1.29, 1.82) is 0 Å². The van der Waals surface area contributed by atoms with Crippen LogP contribution in [0.4, 0.5) is 0 Å². The highest BCUT2D eigenvalue weighted by Crippen LogP contribution is 2.12. The van der Waals surface area contributed by atoms with Crippen molar-refractivity contribution < 1.29 is 0 Å². The van der Waals surface area contributed by atoms with Crippen molar-refractivity contribution in [2.24, 2.45) is 0 Å². The van der Waals surface area contributed by atoms with Crippen LogP contribution in [0.3, 0.4) is 0 Å². The number of hydrogen-bond donors (Lipinski definition) is 1. The van der Waals surface area contributed by atoms with Gasteiger partial charge in [-0.25, -0.2) is 10.4 Å². The second-order valence-corrected chi connectivity index (χ2v) is 4.11. The molecule has 2 aliphatic rings. The van der Waals surface area contributed by atoms with E-state index in [0.29, 0.717) is 0 Å². The van der Waals surface area contributed by atoms with Gasteiger partial charge >= 0.3 is 0 Å². The first-order valence-electron chi connectivity index (χ1n) is 5.73. The molecule has 0 aromatic carbocycles. The molecule has 0 saturated carbocycles. The largest absolute Gasteiger partial charge is 0.241 e. The molecule has 76 valence electrons. The highest BCUT2D eigenvalue weighted by molar-refractivity contribution is 4.64. The Bertz CT molecular complexity index is 135. The fourth-order valence-electron chi connectivity index (χ4n) is 2.21. The predicted molar refractivity (Wildman–Crippen MR) is 54.0 cm³/mol. The zero-order valence-electron chi connectivity index (χ0n) is 8.47. The minimum absolute atomic E-state index is 1.16. The number of rotatable bonds is 1. The van der Waals surface area contributed by atoms with Gasteiger partial charge in [0, 0.05) is 26.2 Å². The van der Waals surface area contributed by atoms with Gasteiger partial charge in [0.05, 0.1) is 0 Å². The molecule has 2 saturated heterocycles. The number of nitrogens with one attached hydrogen (secondary N) is 1. The first-order chi connectivity index (χ1) is 6.47. The molecular formula is C10H21N3. The van der Waals surface area contributed by atoms with Crippen LogP contribution < -0.4 is 5.43 Å². The molecule has 3 heteroatoms. The lowest BCUT2D eigenvalue weighted by molar-refractivity contribution is -0.0811. The van der Waals surface area contributed by atoms with Crippen LogP contribution in [0.2, 0.25) is 0 Å². The van der Waals surface area contributed by atoms with E-state index in [4.69, 9.17) is 0 Å². The molecule has 0 aromatic heterocycles. The monoisotopic (exact) mass is 183 g/mol. The fraction of sp³-hybridized carbons (Fsp3) is 1.00. The molecule has 0 unspecified atom stereocenters. The van der Waals surface area contributed by atoms with Gasteiger partial charge in [-0.05, 0) is 25.7 Å². The third-order valence-corrected chi connectivity index (χ3v) is 3.01. The van der Waals surface area contributed by atoms with Crippen molar-refractivity contribution in [3.63, 3.8) is 0 Å². The zero-order chi connectivity index (χ0) is 8.93. The molecular weight excluding hydrogens is 162 g/mol. The van der Waals surface area contributed by atoms with E-state index in [0.717, 1.165) is 6.54 Å². The van der Waals surface area contributed by atoms with E-state index < -0.39 is 0 Å². The minimum atomic E-state index is 1.16. The molecule has 3 nitrogen and oxygen atoms in total. The maximum atomic E-state index is 3.48. The fourth-order valence-corrected chi connectivity index (χ4v) is 2.21. The number of hydrogen-bond acceptors (Lipinski definition) is 3. The highest BCUT2D eigenvalue weighted by Gasteiger charge is 2.18. The maximum absolute atomic E-state index is 3.48. The van der Waals surface area contributed by atoms with Gasteiger partial charge in [0.2, 0.25) is 0 Å². The number of nitrogens with zero attached hydrogens (tertiary/aromatic N) is 2. The Labute approximate surface area is 81.0 Å². The summed E-state index contributed by atoms with van der Waals surface area (Å²) >= 11 is 0. The van der Waals surface area contributed by atoms with Gasteiger partial charge < -0.3 is 0 Å². The Kier molecular flexibility index (Phi) is 3.58. The van der Waals surface area contributed by atoms with Gasteiger partial charge in [0.25, 0.3) is 0 Å². The predicted octanol–water partition coefficient (Wildman–Crippen LogP) is 1.38. The second-order valence-electron chi connectivity index (χ2n) is 4.11. The summed E-state index contributed by atoms with van der Waals surface area (Å²) in [4.78, 5) is 0. The summed E-state index contributed by atoms with van der Waals surface area (Å²) in [7, 11) is 0. The van der Waals surface area contributed by atoms with Crippen molar-refractivity contribution in [2.45, 2.75) is 38.5 Å². The summed E-state index contributed by atoms with van der Waals surface area (Å²) in [5.74, 6) is 0. The lowest BCUT2D eigenvalue weighted by atomic mass is 10.2. The third-order valence-electron chi connectivity index (χ3n) is 3.01. The van der Waals surface area contributed by atoms with Crippen LogP contribution in [0.1, 0.15) is 38.5 Å². The van der Waals surface area contributed by atoms with E-state index in [1.165, 1.54) is 58.2 Å².